The Morgan fingerprint density at radius 1 is 1.26 bits per heavy atom. The zero-order valence-corrected chi connectivity index (χ0v) is 15.3. The SMILES string of the molecule is COC(=O)CC1CC(NC(=O)OC(C)(C)C)CN(CC(C)C)C1. The number of methoxy groups -OCH3 is 1. The molecule has 1 aliphatic heterocycles. The van der Waals surface area contributed by atoms with E-state index in [1.807, 2.05) is 20.8 Å². The van der Waals surface area contributed by atoms with Crippen LogP contribution in [-0.4, -0.2) is 55.3 Å². The summed E-state index contributed by atoms with van der Waals surface area (Å²) in [5.41, 5.74) is -0.512. The average molecular weight is 328 g/mol. The van der Waals surface area contributed by atoms with Crippen molar-refractivity contribution in [3.8, 4) is 0 Å². The first-order chi connectivity index (χ1) is 10.6. The van der Waals surface area contributed by atoms with Crippen LogP contribution in [0.1, 0.15) is 47.5 Å². The quantitative estimate of drug-likeness (QED) is 0.785. The van der Waals surface area contributed by atoms with Crippen LogP contribution in [0.25, 0.3) is 0 Å². The number of amides is 1. The maximum Gasteiger partial charge on any atom is 0.407 e. The van der Waals surface area contributed by atoms with Gasteiger partial charge in [-0.1, -0.05) is 13.8 Å². The number of esters is 1. The van der Waals surface area contributed by atoms with Gasteiger partial charge in [-0.3, -0.25) is 4.79 Å². The minimum Gasteiger partial charge on any atom is -0.469 e. The molecule has 23 heavy (non-hydrogen) atoms. The fourth-order valence-corrected chi connectivity index (χ4v) is 3.01. The van der Waals surface area contributed by atoms with Crippen LogP contribution in [0.2, 0.25) is 0 Å². The molecular weight excluding hydrogens is 296 g/mol. The summed E-state index contributed by atoms with van der Waals surface area (Å²) in [6, 6.07) is -0.00740. The Hall–Kier alpha value is -1.30. The van der Waals surface area contributed by atoms with Crippen molar-refractivity contribution in [2.45, 2.75) is 59.1 Å². The van der Waals surface area contributed by atoms with Crippen molar-refractivity contribution in [3.05, 3.63) is 0 Å². The van der Waals surface area contributed by atoms with Gasteiger partial charge in [-0.25, -0.2) is 4.79 Å². The van der Waals surface area contributed by atoms with Gasteiger partial charge in [0.15, 0.2) is 0 Å². The molecule has 1 rings (SSSR count). The second kappa shape index (κ2) is 8.52. The van der Waals surface area contributed by atoms with E-state index < -0.39 is 11.7 Å². The third-order valence-electron chi connectivity index (χ3n) is 3.64. The number of carbonyl (C=O) groups excluding carboxylic acids is 2. The summed E-state index contributed by atoms with van der Waals surface area (Å²) in [6.07, 6.45) is 0.756. The predicted octanol–water partition coefficient (Wildman–Crippen LogP) is 2.42. The molecule has 6 heteroatoms. The van der Waals surface area contributed by atoms with Crippen molar-refractivity contribution >= 4 is 12.1 Å². The summed E-state index contributed by atoms with van der Waals surface area (Å²) in [5, 5.41) is 2.94. The molecule has 0 aromatic carbocycles. The molecule has 1 fully saturated rings. The van der Waals surface area contributed by atoms with E-state index in [0.29, 0.717) is 12.3 Å². The molecule has 1 saturated heterocycles. The van der Waals surface area contributed by atoms with Gasteiger partial charge in [0, 0.05) is 32.1 Å². The lowest BCUT2D eigenvalue weighted by molar-refractivity contribution is -0.142. The van der Waals surface area contributed by atoms with Gasteiger partial charge in [0.1, 0.15) is 5.60 Å². The lowest BCUT2D eigenvalue weighted by Crippen LogP contribution is -2.52. The molecule has 0 saturated carbocycles. The van der Waals surface area contributed by atoms with Crippen molar-refractivity contribution in [2.24, 2.45) is 11.8 Å². The average Bonchev–Trinajstić information content (AvgIpc) is 2.34. The maximum absolute atomic E-state index is 12.0. The molecule has 6 nitrogen and oxygen atoms in total. The lowest BCUT2D eigenvalue weighted by Gasteiger charge is -2.38. The Morgan fingerprint density at radius 3 is 2.43 bits per heavy atom. The summed E-state index contributed by atoms with van der Waals surface area (Å²) in [4.78, 5) is 25.9. The van der Waals surface area contributed by atoms with Gasteiger partial charge in [-0.2, -0.15) is 0 Å². The summed E-state index contributed by atoms with van der Waals surface area (Å²) in [7, 11) is 1.41. The van der Waals surface area contributed by atoms with Crippen molar-refractivity contribution in [1.82, 2.24) is 10.2 Å². The number of hydrogen-bond donors (Lipinski definition) is 1. The molecule has 0 aromatic heterocycles. The predicted molar refractivity (Wildman–Crippen MR) is 89.2 cm³/mol. The number of rotatable bonds is 5. The Bertz CT molecular complexity index is 404. The molecule has 0 radical (unpaired) electrons. The third-order valence-corrected chi connectivity index (χ3v) is 3.64. The molecule has 0 bridgehead atoms. The Labute approximate surface area is 139 Å². The van der Waals surface area contributed by atoms with Crippen LogP contribution >= 0.6 is 0 Å². The van der Waals surface area contributed by atoms with Gasteiger partial charge >= 0.3 is 12.1 Å². The number of hydrogen-bond acceptors (Lipinski definition) is 5. The standard InChI is InChI=1S/C17H32N2O4/c1-12(2)9-19-10-13(8-15(20)22-6)7-14(11-19)18-16(21)23-17(3,4)5/h12-14H,7-11H2,1-6H3,(H,18,21). The minimum absolute atomic E-state index is 0.00740. The fourth-order valence-electron chi connectivity index (χ4n) is 3.01. The van der Waals surface area contributed by atoms with E-state index in [9.17, 15) is 9.59 Å². The lowest BCUT2D eigenvalue weighted by atomic mass is 9.91. The highest BCUT2D eigenvalue weighted by atomic mass is 16.6. The van der Waals surface area contributed by atoms with Gasteiger partial charge in [0.05, 0.1) is 7.11 Å². The van der Waals surface area contributed by atoms with Gasteiger partial charge in [0.25, 0.3) is 0 Å². The summed E-state index contributed by atoms with van der Waals surface area (Å²) < 4.78 is 10.1. The fraction of sp³-hybridized carbons (Fsp3) is 0.882. The summed E-state index contributed by atoms with van der Waals surface area (Å²) in [5.74, 6) is 0.529. The number of nitrogens with zero attached hydrogens (tertiary/aromatic N) is 1. The molecule has 2 unspecified atom stereocenters. The second-order valence-electron chi connectivity index (χ2n) is 7.84. The number of piperidine rings is 1. The largest absolute Gasteiger partial charge is 0.469 e. The van der Waals surface area contributed by atoms with Crippen LogP contribution in [-0.2, 0) is 14.3 Å². The molecule has 0 aliphatic carbocycles. The van der Waals surface area contributed by atoms with E-state index in [1.54, 1.807) is 0 Å². The smallest absolute Gasteiger partial charge is 0.407 e. The van der Waals surface area contributed by atoms with Crippen LogP contribution in [0.5, 0.6) is 0 Å². The molecule has 0 aromatic rings. The summed E-state index contributed by atoms with van der Waals surface area (Å²) in [6.45, 7) is 12.5. The molecular formula is C17H32N2O4. The zero-order valence-electron chi connectivity index (χ0n) is 15.3. The number of nitrogens with one attached hydrogen (secondary N) is 1. The Morgan fingerprint density at radius 2 is 1.91 bits per heavy atom. The molecule has 2 atom stereocenters. The zero-order chi connectivity index (χ0) is 17.6. The molecule has 0 spiro atoms. The van der Waals surface area contributed by atoms with E-state index in [2.05, 4.69) is 24.1 Å². The van der Waals surface area contributed by atoms with E-state index in [1.165, 1.54) is 7.11 Å². The van der Waals surface area contributed by atoms with Gasteiger partial charge in [0.2, 0.25) is 0 Å². The normalized spacial score (nSPS) is 22.7. The van der Waals surface area contributed by atoms with Crippen molar-refractivity contribution in [1.29, 1.82) is 0 Å². The number of carbonyl (C=O) groups is 2. The van der Waals surface area contributed by atoms with E-state index >= 15 is 0 Å². The third kappa shape index (κ3) is 8.21. The molecule has 1 N–H and O–H groups in total. The molecule has 1 heterocycles. The maximum atomic E-state index is 12.0. The van der Waals surface area contributed by atoms with Gasteiger partial charge < -0.3 is 19.7 Å². The highest BCUT2D eigenvalue weighted by Crippen LogP contribution is 2.22. The monoisotopic (exact) mass is 328 g/mol. The molecule has 1 amide bonds. The van der Waals surface area contributed by atoms with E-state index in [-0.39, 0.29) is 17.9 Å². The van der Waals surface area contributed by atoms with Crippen LogP contribution in [0, 0.1) is 11.8 Å². The van der Waals surface area contributed by atoms with Gasteiger partial charge in [-0.05, 0) is 39.0 Å². The topological polar surface area (TPSA) is 67.9 Å². The van der Waals surface area contributed by atoms with Gasteiger partial charge in [-0.15, -0.1) is 0 Å². The number of likely N-dealkylation sites (tertiary alicyclic amines) is 1. The van der Waals surface area contributed by atoms with Crippen molar-refractivity contribution in [2.75, 3.05) is 26.7 Å². The first-order valence-electron chi connectivity index (χ1n) is 8.37. The number of ether oxygens (including phenoxy) is 2. The summed E-state index contributed by atoms with van der Waals surface area (Å²) >= 11 is 0. The van der Waals surface area contributed by atoms with Crippen LogP contribution in [0.15, 0.2) is 0 Å². The molecule has 134 valence electrons. The highest BCUT2D eigenvalue weighted by molar-refractivity contribution is 5.70. The van der Waals surface area contributed by atoms with Crippen LogP contribution < -0.4 is 5.32 Å². The Kier molecular flexibility index (Phi) is 7.32. The second-order valence-corrected chi connectivity index (χ2v) is 7.84. The van der Waals surface area contributed by atoms with Crippen molar-refractivity contribution in [3.63, 3.8) is 0 Å². The first kappa shape index (κ1) is 19.7. The molecule has 1 aliphatic rings. The minimum atomic E-state index is -0.512. The highest BCUT2D eigenvalue weighted by Gasteiger charge is 2.31. The van der Waals surface area contributed by atoms with Crippen LogP contribution in [0.3, 0.4) is 0 Å². The van der Waals surface area contributed by atoms with Crippen molar-refractivity contribution < 1.29 is 19.1 Å². The number of alkyl carbamates (subject to hydrolysis) is 1. The Balaban J connectivity index is 2.65. The van der Waals surface area contributed by atoms with Crippen LogP contribution in [0.4, 0.5) is 4.79 Å². The van der Waals surface area contributed by atoms with E-state index in [0.717, 1.165) is 26.1 Å². The first-order valence-corrected chi connectivity index (χ1v) is 8.37. The van der Waals surface area contributed by atoms with E-state index in [4.69, 9.17) is 9.47 Å².